The number of halogens is 3. The van der Waals surface area contributed by atoms with E-state index in [0.717, 1.165) is 55.8 Å². The number of rotatable bonds is 6. The molecule has 2 heterocycles. The Morgan fingerprint density at radius 2 is 2.03 bits per heavy atom. The fourth-order valence-electron chi connectivity index (χ4n) is 3.56. The number of aromatic nitrogens is 1. The van der Waals surface area contributed by atoms with Gasteiger partial charge in [0.2, 0.25) is 0 Å². The quantitative estimate of drug-likeness (QED) is 0.527. The van der Waals surface area contributed by atoms with Gasteiger partial charge >= 0.3 is 6.18 Å². The zero-order valence-corrected chi connectivity index (χ0v) is 18.1. The molecule has 1 aliphatic heterocycles. The Hall–Kier alpha value is -2.13. The average Bonchev–Trinajstić information content (AvgIpc) is 3.13. The van der Waals surface area contributed by atoms with E-state index in [1.165, 1.54) is 12.1 Å². The third kappa shape index (κ3) is 6.70. The van der Waals surface area contributed by atoms with Crippen molar-refractivity contribution in [2.75, 3.05) is 26.7 Å². The zero-order chi connectivity index (χ0) is 21.6. The van der Waals surface area contributed by atoms with Crippen LogP contribution in [-0.4, -0.2) is 42.5 Å². The summed E-state index contributed by atoms with van der Waals surface area (Å²) in [5.41, 5.74) is 1.08. The summed E-state index contributed by atoms with van der Waals surface area (Å²) in [4.78, 5) is 11.2. The second-order valence-electron chi connectivity index (χ2n) is 7.58. The van der Waals surface area contributed by atoms with Crippen molar-refractivity contribution in [1.82, 2.24) is 20.5 Å². The first-order chi connectivity index (χ1) is 14.3. The molecule has 3 rings (SSSR count). The largest absolute Gasteiger partial charge is 0.416 e. The molecule has 9 heteroatoms. The summed E-state index contributed by atoms with van der Waals surface area (Å²) < 4.78 is 38.5. The van der Waals surface area contributed by atoms with E-state index in [1.54, 1.807) is 24.5 Å². The van der Waals surface area contributed by atoms with Crippen molar-refractivity contribution in [2.24, 2.45) is 10.9 Å². The van der Waals surface area contributed by atoms with Crippen molar-refractivity contribution in [3.05, 3.63) is 51.5 Å². The van der Waals surface area contributed by atoms with Gasteiger partial charge in [-0.15, -0.1) is 11.3 Å². The van der Waals surface area contributed by atoms with Gasteiger partial charge in [0.25, 0.3) is 0 Å². The van der Waals surface area contributed by atoms with Crippen LogP contribution in [0.15, 0.2) is 34.6 Å². The number of aryl methyl sites for hydroxylation is 1. The topological polar surface area (TPSA) is 52.6 Å². The fourth-order valence-corrected chi connectivity index (χ4v) is 4.17. The molecule has 0 bridgehead atoms. The Labute approximate surface area is 179 Å². The Bertz CT molecular complexity index is 841. The molecule has 1 aromatic carbocycles. The molecule has 30 heavy (non-hydrogen) atoms. The van der Waals surface area contributed by atoms with Gasteiger partial charge in [0.15, 0.2) is 5.96 Å². The number of nitrogens with one attached hydrogen (secondary N) is 2. The maximum Gasteiger partial charge on any atom is 0.416 e. The molecule has 0 amide bonds. The summed E-state index contributed by atoms with van der Waals surface area (Å²) in [7, 11) is 1.67. The standard InChI is InChI=1S/C21H28F3N5S/c1-15-28-19(14-30-15)13-29-8-6-16(7-9-29)11-26-20(25-2)27-12-17-4-3-5-18(10-17)21(22,23)24/h3-5,10,14,16H,6-9,11-13H2,1-2H3,(H2,25,26,27). The summed E-state index contributed by atoms with van der Waals surface area (Å²) in [6.45, 7) is 6.10. The third-order valence-electron chi connectivity index (χ3n) is 5.26. The van der Waals surface area contributed by atoms with E-state index in [0.29, 0.717) is 17.4 Å². The van der Waals surface area contributed by atoms with Gasteiger partial charge in [-0.25, -0.2) is 4.98 Å². The molecule has 0 atom stereocenters. The Balaban J connectivity index is 1.40. The molecule has 164 valence electrons. The van der Waals surface area contributed by atoms with Crippen LogP contribution in [0.25, 0.3) is 0 Å². The van der Waals surface area contributed by atoms with E-state index in [1.807, 2.05) is 6.92 Å². The molecule has 5 nitrogen and oxygen atoms in total. The molecular formula is C21H28F3N5S. The maximum atomic E-state index is 12.8. The van der Waals surface area contributed by atoms with E-state index in [9.17, 15) is 13.2 Å². The highest BCUT2D eigenvalue weighted by Gasteiger charge is 2.30. The van der Waals surface area contributed by atoms with Crippen LogP contribution >= 0.6 is 11.3 Å². The molecule has 0 aliphatic carbocycles. The molecule has 1 fully saturated rings. The average molecular weight is 440 g/mol. The molecule has 0 radical (unpaired) electrons. The van der Waals surface area contributed by atoms with Crippen LogP contribution in [0.3, 0.4) is 0 Å². The summed E-state index contributed by atoms with van der Waals surface area (Å²) >= 11 is 1.69. The normalized spacial score (nSPS) is 16.6. The molecule has 1 aromatic heterocycles. The Morgan fingerprint density at radius 1 is 1.27 bits per heavy atom. The Morgan fingerprint density at radius 3 is 2.67 bits per heavy atom. The summed E-state index contributed by atoms with van der Waals surface area (Å²) in [6.07, 6.45) is -2.13. The molecule has 0 unspecified atom stereocenters. The van der Waals surface area contributed by atoms with Crippen molar-refractivity contribution in [2.45, 2.75) is 39.0 Å². The predicted molar refractivity (Wildman–Crippen MR) is 114 cm³/mol. The summed E-state index contributed by atoms with van der Waals surface area (Å²) in [5.74, 6) is 1.15. The Kier molecular flexibility index (Phi) is 7.71. The van der Waals surface area contributed by atoms with Crippen LogP contribution in [0.4, 0.5) is 13.2 Å². The van der Waals surface area contributed by atoms with E-state index < -0.39 is 11.7 Å². The van der Waals surface area contributed by atoms with E-state index in [-0.39, 0.29) is 6.54 Å². The number of alkyl halides is 3. The minimum Gasteiger partial charge on any atom is -0.356 e. The van der Waals surface area contributed by atoms with Crippen molar-refractivity contribution in [3.8, 4) is 0 Å². The fraction of sp³-hybridized carbons (Fsp3) is 0.524. The number of hydrogen-bond donors (Lipinski definition) is 2. The van der Waals surface area contributed by atoms with Crippen LogP contribution < -0.4 is 10.6 Å². The van der Waals surface area contributed by atoms with Gasteiger partial charge in [-0.3, -0.25) is 9.89 Å². The molecular weight excluding hydrogens is 411 g/mol. The van der Waals surface area contributed by atoms with Crippen LogP contribution in [-0.2, 0) is 19.3 Å². The SMILES string of the molecule is CN=C(NCc1cccc(C(F)(F)F)c1)NCC1CCN(Cc2csc(C)n2)CC1. The minimum atomic E-state index is -4.33. The maximum absolute atomic E-state index is 12.8. The van der Waals surface area contributed by atoms with Crippen molar-refractivity contribution in [1.29, 1.82) is 0 Å². The van der Waals surface area contributed by atoms with Crippen LogP contribution in [0.1, 0.15) is 34.7 Å². The highest BCUT2D eigenvalue weighted by atomic mass is 32.1. The highest BCUT2D eigenvalue weighted by molar-refractivity contribution is 7.09. The van der Waals surface area contributed by atoms with Crippen LogP contribution in [0.2, 0.25) is 0 Å². The monoisotopic (exact) mass is 439 g/mol. The predicted octanol–water partition coefficient (Wildman–Crippen LogP) is 4.05. The number of aliphatic imine (C=N–C) groups is 1. The van der Waals surface area contributed by atoms with E-state index in [4.69, 9.17) is 0 Å². The van der Waals surface area contributed by atoms with E-state index >= 15 is 0 Å². The highest BCUT2D eigenvalue weighted by Crippen LogP contribution is 2.29. The molecule has 2 aromatic rings. The first-order valence-electron chi connectivity index (χ1n) is 10.1. The molecule has 2 N–H and O–H groups in total. The van der Waals surface area contributed by atoms with Gasteiger partial charge in [-0.05, 0) is 56.5 Å². The van der Waals surface area contributed by atoms with Crippen LogP contribution in [0, 0.1) is 12.8 Å². The lowest BCUT2D eigenvalue weighted by molar-refractivity contribution is -0.137. The zero-order valence-electron chi connectivity index (χ0n) is 17.3. The molecule has 1 saturated heterocycles. The number of nitrogens with zero attached hydrogens (tertiary/aromatic N) is 3. The summed E-state index contributed by atoms with van der Waals surface area (Å²) in [5, 5.41) is 9.64. The first-order valence-corrected chi connectivity index (χ1v) is 11.0. The van der Waals surface area contributed by atoms with Crippen molar-refractivity contribution < 1.29 is 13.2 Å². The number of thiazole rings is 1. The van der Waals surface area contributed by atoms with Gasteiger partial charge in [0, 0.05) is 32.1 Å². The summed E-state index contributed by atoms with van der Waals surface area (Å²) in [6, 6.07) is 5.35. The number of hydrogen-bond acceptors (Lipinski definition) is 4. The van der Waals surface area contributed by atoms with Crippen LogP contribution in [0.5, 0.6) is 0 Å². The van der Waals surface area contributed by atoms with Gasteiger partial charge in [0.1, 0.15) is 0 Å². The molecule has 0 saturated carbocycles. The lowest BCUT2D eigenvalue weighted by Gasteiger charge is -2.31. The minimum absolute atomic E-state index is 0.287. The van der Waals surface area contributed by atoms with Gasteiger partial charge in [-0.2, -0.15) is 13.2 Å². The second kappa shape index (κ2) is 10.3. The third-order valence-corrected chi connectivity index (χ3v) is 6.08. The van der Waals surface area contributed by atoms with Gasteiger partial charge < -0.3 is 10.6 Å². The van der Waals surface area contributed by atoms with Gasteiger partial charge in [0.05, 0.1) is 16.3 Å². The lowest BCUT2D eigenvalue weighted by Crippen LogP contribution is -2.42. The lowest BCUT2D eigenvalue weighted by atomic mass is 9.97. The molecule has 1 aliphatic rings. The number of piperidine rings is 1. The second-order valence-corrected chi connectivity index (χ2v) is 8.64. The first kappa shape index (κ1) is 22.6. The van der Waals surface area contributed by atoms with Crippen molar-refractivity contribution in [3.63, 3.8) is 0 Å². The van der Waals surface area contributed by atoms with Gasteiger partial charge in [-0.1, -0.05) is 12.1 Å². The smallest absolute Gasteiger partial charge is 0.356 e. The number of likely N-dealkylation sites (tertiary alicyclic amines) is 1. The number of guanidine groups is 1. The molecule has 0 spiro atoms. The number of benzene rings is 1. The van der Waals surface area contributed by atoms with Crippen molar-refractivity contribution >= 4 is 17.3 Å². The van der Waals surface area contributed by atoms with E-state index in [2.05, 4.69) is 30.9 Å².